The average molecular weight is 314 g/mol. The van der Waals surface area contributed by atoms with E-state index in [4.69, 9.17) is 10.5 Å². The van der Waals surface area contributed by atoms with Crippen LogP contribution in [0.5, 0.6) is 0 Å². The minimum absolute atomic E-state index is 0.374. The van der Waals surface area contributed by atoms with Gasteiger partial charge in [0.25, 0.3) is 5.91 Å². The van der Waals surface area contributed by atoms with E-state index in [1.54, 1.807) is 38.1 Å². The molecule has 1 saturated carbocycles. The Balaban J connectivity index is 2.07. The SMILES string of the molecule is COC(=O)C(NC(=O)c1ccc(C#CC2CC2)cc1)C(C)(C)N. The lowest BCUT2D eigenvalue weighted by atomic mass is 9.95. The first-order valence-electron chi connectivity index (χ1n) is 7.60. The zero-order chi connectivity index (χ0) is 17.0. The minimum atomic E-state index is -0.932. The van der Waals surface area contributed by atoms with Gasteiger partial charge in [-0.25, -0.2) is 4.79 Å². The maximum absolute atomic E-state index is 12.3. The van der Waals surface area contributed by atoms with Gasteiger partial charge in [-0.1, -0.05) is 11.8 Å². The summed E-state index contributed by atoms with van der Waals surface area (Å²) in [6, 6.07) is 6.04. The number of nitrogens with one attached hydrogen (secondary N) is 1. The zero-order valence-electron chi connectivity index (χ0n) is 13.7. The monoisotopic (exact) mass is 314 g/mol. The summed E-state index contributed by atoms with van der Waals surface area (Å²) in [6.45, 7) is 3.32. The van der Waals surface area contributed by atoms with Gasteiger partial charge in [0.1, 0.15) is 6.04 Å². The largest absolute Gasteiger partial charge is 0.467 e. The van der Waals surface area contributed by atoms with Gasteiger partial charge in [-0.15, -0.1) is 0 Å². The molecule has 5 heteroatoms. The van der Waals surface area contributed by atoms with Crippen LogP contribution >= 0.6 is 0 Å². The summed E-state index contributed by atoms with van der Waals surface area (Å²) in [5.41, 5.74) is 6.33. The molecule has 0 heterocycles. The number of benzene rings is 1. The Labute approximate surface area is 136 Å². The van der Waals surface area contributed by atoms with Gasteiger partial charge in [0.15, 0.2) is 0 Å². The number of methoxy groups -OCH3 is 1. The van der Waals surface area contributed by atoms with Crippen LogP contribution < -0.4 is 11.1 Å². The molecule has 1 fully saturated rings. The first-order valence-corrected chi connectivity index (χ1v) is 7.60. The lowest BCUT2D eigenvalue weighted by Crippen LogP contribution is -2.59. The molecule has 2 rings (SSSR count). The number of rotatable bonds is 4. The quantitative estimate of drug-likeness (QED) is 0.651. The van der Waals surface area contributed by atoms with Crippen molar-refractivity contribution in [1.29, 1.82) is 0 Å². The second-order valence-electron chi connectivity index (χ2n) is 6.37. The van der Waals surface area contributed by atoms with E-state index in [9.17, 15) is 9.59 Å². The summed E-state index contributed by atoms with van der Waals surface area (Å²) >= 11 is 0. The van der Waals surface area contributed by atoms with Crippen LogP contribution in [0.3, 0.4) is 0 Å². The number of hydrogen-bond acceptors (Lipinski definition) is 4. The summed E-state index contributed by atoms with van der Waals surface area (Å²) < 4.78 is 4.70. The highest BCUT2D eigenvalue weighted by Gasteiger charge is 2.34. The fourth-order valence-corrected chi connectivity index (χ4v) is 2.00. The molecule has 1 aromatic rings. The summed E-state index contributed by atoms with van der Waals surface area (Å²) in [5.74, 6) is 5.84. The van der Waals surface area contributed by atoms with Gasteiger partial charge in [0.2, 0.25) is 0 Å². The molecule has 0 aromatic heterocycles. The number of hydrogen-bond donors (Lipinski definition) is 2. The maximum Gasteiger partial charge on any atom is 0.330 e. The Hall–Kier alpha value is -2.32. The lowest BCUT2D eigenvalue weighted by molar-refractivity contribution is -0.144. The van der Waals surface area contributed by atoms with Crippen LogP contribution in [-0.2, 0) is 9.53 Å². The molecule has 5 nitrogen and oxygen atoms in total. The number of carbonyl (C=O) groups is 2. The van der Waals surface area contributed by atoms with E-state index in [2.05, 4.69) is 17.2 Å². The predicted molar refractivity (Wildman–Crippen MR) is 87.6 cm³/mol. The van der Waals surface area contributed by atoms with Crippen molar-refractivity contribution in [2.45, 2.75) is 38.3 Å². The fourth-order valence-electron chi connectivity index (χ4n) is 2.00. The van der Waals surface area contributed by atoms with E-state index in [1.807, 2.05) is 0 Å². The third kappa shape index (κ3) is 4.83. The Morgan fingerprint density at radius 3 is 2.39 bits per heavy atom. The number of ether oxygens (including phenoxy) is 1. The summed E-state index contributed by atoms with van der Waals surface area (Å²) in [6.07, 6.45) is 2.36. The standard InChI is InChI=1S/C18H22N2O3/c1-18(2,19)15(17(22)23-3)20-16(21)14-10-8-13(9-11-14)7-6-12-4-5-12/h8-12,15H,4-5,19H2,1-3H3,(H,20,21). The first kappa shape index (κ1) is 17.0. The van der Waals surface area contributed by atoms with Gasteiger partial charge in [0, 0.05) is 22.6 Å². The number of nitrogens with two attached hydrogens (primary N) is 1. The zero-order valence-corrected chi connectivity index (χ0v) is 13.7. The minimum Gasteiger partial charge on any atom is -0.467 e. The second kappa shape index (κ2) is 6.84. The van der Waals surface area contributed by atoms with Crippen LogP contribution in [0.4, 0.5) is 0 Å². The van der Waals surface area contributed by atoms with Gasteiger partial charge >= 0.3 is 5.97 Å². The predicted octanol–water partition coefficient (Wildman–Crippen LogP) is 1.46. The van der Waals surface area contributed by atoms with Crippen molar-refractivity contribution in [3.05, 3.63) is 35.4 Å². The molecule has 0 radical (unpaired) electrons. The van der Waals surface area contributed by atoms with Crippen LogP contribution in [0.2, 0.25) is 0 Å². The Kier molecular flexibility index (Phi) is 5.07. The van der Waals surface area contributed by atoms with Crippen molar-refractivity contribution in [3.8, 4) is 11.8 Å². The van der Waals surface area contributed by atoms with Crippen LogP contribution in [0, 0.1) is 17.8 Å². The maximum atomic E-state index is 12.3. The van der Waals surface area contributed by atoms with Crippen LogP contribution in [0.1, 0.15) is 42.6 Å². The molecule has 0 spiro atoms. The van der Waals surface area contributed by atoms with Crippen molar-refractivity contribution in [1.82, 2.24) is 5.32 Å². The van der Waals surface area contributed by atoms with Crippen molar-refractivity contribution < 1.29 is 14.3 Å². The van der Waals surface area contributed by atoms with E-state index in [0.29, 0.717) is 11.5 Å². The molecule has 1 amide bonds. The molecule has 1 aliphatic carbocycles. The van der Waals surface area contributed by atoms with E-state index in [-0.39, 0.29) is 5.91 Å². The normalized spacial score (nSPS) is 15.1. The third-order valence-corrected chi connectivity index (χ3v) is 3.60. The molecular formula is C18H22N2O3. The van der Waals surface area contributed by atoms with E-state index in [1.165, 1.54) is 20.0 Å². The second-order valence-corrected chi connectivity index (χ2v) is 6.37. The van der Waals surface area contributed by atoms with Crippen molar-refractivity contribution in [3.63, 3.8) is 0 Å². The van der Waals surface area contributed by atoms with Crippen molar-refractivity contribution in [2.75, 3.05) is 7.11 Å². The van der Waals surface area contributed by atoms with Crippen LogP contribution in [-0.4, -0.2) is 30.6 Å². The Morgan fingerprint density at radius 1 is 1.30 bits per heavy atom. The van der Waals surface area contributed by atoms with Crippen LogP contribution in [0.25, 0.3) is 0 Å². The highest BCUT2D eigenvalue weighted by molar-refractivity contribution is 5.97. The van der Waals surface area contributed by atoms with Crippen molar-refractivity contribution in [2.24, 2.45) is 11.7 Å². The lowest BCUT2D eigenvalue weighted by Gasteiger charge is -2.28. The number of amides is 1. The van der Waals surface area contributed by atoms with Gasteiger partial charge in [-0.3, -0.25) is 4.79 Å². The van der Waals surface area contributed by atoms with Gasteiger partial charge in [0.05, 0.1) is 7.11 Å². The highest BCUT2D eigenvalue weighted by atomic mass is 16.5. The molecule has 1 aliphatic rings. The summed E-state index contributed by atoms with van der Waals surface area (Å²) in [4.78, 5) is 24.1. The van der Waals surface area contributed by atoms with Crippen LogP contribution in [0.15, 0.2) is 24.3 Å². The average Bonchev–Trinajstić information content (AvgIpc) is 3.33. The van der Waals surface area contributed by atoms with Gasteiger partial charge in [-0.2, -0.15) is 0 Å². The molecule has 1 unspecified atom stereocenters. The molecule has 122 valence electrons. The van der Waals surface area contributed by atoms with Gasteiger partial charge < -0.3 is 15.8 Å². The molecule has 0 bridgehead atoms. The van der Waals surface area contributed by atoms with E-state index in [0.717, 1.165) is 5.56 Å². The Morgan fingerprint density at radius 2 is 1.91 bits per heavy atom. The Bertz CT molecular complexity index is 644. The number of esters is 1. The molecule has 0 saturated heterocycles. The molecule has 23 heavy (non-hydrogen) atoms. The topological polar surface area (TPSA) is 81.4 Å². The van der Waals surface area contributed by atoms with E-state index >= 15 is 0 Å². The number of carbonyl (C=O) groups excluding carboxylic acids is 2. The van der Waals surface area contributed by atoms with Gasteiger partial charge in [-0.05, 0) is 51.0 Å². The fraction of sp³-hybridized carbons (Fsp3) is 0.444. The molecule has 1 atom stereocenters. The first-order chi connectivity index (χ1) is 10.8. The third-order valence-electron chi connectivity index (χ3n) is 3.60. The molecular weight excluding hydrogens is 292 g/mol. The van der Waals surface area contributed by atoms with Crippen molar-refractivity contribution >= 4 is 11.9 Å². The summed E-state index contributed by atoms with van der Waals surface area (Å²) in [7, 11) is 1.26. The molecule has 3 N–H and O–H groups in total. The smallest absolute Gasteiger partial charge is 0.330 e. The molecule has 0 aliphatic heterocycles. The molecule has 1 aromatic carbocycles. The highest BCUT2D eigenvalue weighted by Crippen LogP contribution is 2.27. The van der Waals surface area contributed by atoms with E-state index < -0.39 is 17.6 Å². The summed E-state index contributed by atoms with van der Waals surface area (Å²) in [5, 5.41) is 2.63.